The van der Waals surface area contributed by atoms with Crippen LogP contribution in [0, 0.1) is 0 Å². The van der Waals surface area contributed by atoms with Crippen LogP contribution in [-0.4, -0.2) is 11.2 Å². The van der Waals surface area contributed by atoms with Crippen LogP contribution in [0.2, 0.25) is 0 Å². The van der Waals surface area contributed by atoms with Crippen molar-refractivity contribution in [3.8, 4) is 5.75 Å². The van der Waals surface area contributed by atoms with E-state index in [4.69, 9.17) is 9.73 Å². The third-order valence-corrected chi connectivity index (χ3v) is 6.14. The van der Waals surface area contributed by atoms with Crippen molar-refractivity contribution in [2.45, 2.75) is 31.1 Å². The van der Waals surface area contributed by atoms with Gasteiger partial charge in [0.1, 0.15) is 22.4 Å². The van der Waals surface area contributed by atoms with Gasteiger partial charge in [0.15, 0.2) is 0 Å². The molecule has 1 unspecified atom stereocenters. The first-order chi connectivity index (χ1) is 10.8. The Kier molecular flexibility index (Phi) is 2.61. The Balaban J connectivity index is 1.76. The largest absolute Gasteiger partial charge is 0.492 e. The van der Waals surface area contributed by atoms with E-state index in [9.17, 15) is 0 Å². The molecule has 22 heavy (non-hydrogen) atoms. The van der Waals surface area contributed by atoms with Crippen LogP contribution in [0.15, 0.2) is 41.4 Å². The van der Waals surface area contributed by atoms with Gasteiger partial charge in [0.2, 0.25) is 0 Å². The monoisotopic (exact) mass is 353 g/mol. The molecule has 1 spiro atoms. The third-order valence-electron chi connectivity index (χ3n) is 5.28. The number of rotatable bonds is 0. The van der Waals surface area contributed by atoms with E-state index in [1.165, 1.54) is 47.9 Å². The van der Waals surface area contributed by atoms with Crippen molar-refractivity contribution in [1.82, 2.24) is 0 Å². The summed E-state index contributed by atoms with van der Waals surface area (Å²) < 4.78 is 7.10. The van der Waals surface area contributed by atoms with Crippen molar-refractivity contribution < 1.29 is 4.74 Å². The topological polar surface area (TPSA) is 21.6 Å². The van der Waals surface area contributed by atoms with Gasteiger partial charge in [-0.1, -0.05) is 24.3 Å². The van der Waals surface area contributed by atoms with E-state index < -0.39 is 0 Å². The predicted octanol–water partition coefficient (Wildman–Crippen LogP) is 4.68. The molecule has 0 bridgehead atoms. The van der Waals surface area contributed by atoms with Crippen molar-refractivity contribution >= 4 is 26.2 Å². The molecular formula is C19H16BrNO. The van der Waals surface area contributed by atoms with Crippen LogP contribution in [0.25, 0.3) is 0 Å². The molecule has 1 aliphatic carbocycles. The maximum absolute atomic E-state index is 6.12. The van der Waals surface area contributed by atoms with Gasteiger partial charge < -0.3 is 4.74 Å². The number of fused-ring (bicyclic) bond motifs is 5. The van der Waals surface area contributed by atoms with Crippen LogP contribution in [0.3, 0.4) is 0 Å². The van der Waals surface area contributed by atoms with Gasteiger partial charge >= 0.3 is 0 Å². The van der Waals surface area contributed by atoms with Gasteiger partial charge in [-0.25, -0.2) is 4.99 Å². The SMILES string of the molecule is BrC1=Nc2ccccc2C12COc1cc3c(cc12)CCCC3. The molecule has 2 nitrogen and oxygen atoms in total. The molecule has 0 saturated heterocycles. The highest BCUT2D eigenvalue weighted by Gasteiger charge is 2.50. The molecule has 0 radical (unpaired) electrons. The Morgan fingerprint density at radius 1 is 1.00 bits per heavy atom. The number of hydrogen-bond donors (Lipinski definition) is 0. The Bertz CT molecular complexity index is 826. The summed E-state index contributed by atoms with van der Waals surface area (Å²) in [6, 6.07) is 13.1. The molecule has 2 heterocycles. The molecule has 0 saturated carbocycles. The Morgan fingerprint density at radius 3 is 2.64 bits per heavy atom. The second-order valence-corrected chi connectivity index (χ2v) is 7.19. The maximum Gasteiger partial charge on any atom is 0.124 e. The zero-order valence-electron chi connectivity index (χ0n) is 12.2. The lowest BCUT2D eigenvalue weighted by Crippen LogP contribution is -2.33. The number of benzene rings is 2. The standard InChI is InChI=1S/C19H16BrNO/c20-18-19(14-7-3-4-8-16(14)21-18)11-22-17-10-13-6-2-1-5-12(13)9-15(17)19/h3-4,7-10H,1-2,5-6,11H2. The third kappa shape index (κ3) is 1.52. The number of ether oxygens (including phenoxy) is 1. The lowest BCUT2D eigenvalue weighted by atomic mass is 9.76. The lowest BCUT2D eigenvalue weighted by molar-refractivity contribution is 0.327. The number of halogens is 1. The van der Waals surface area contributed by atoms with E-state index in [1.54, 1.807) is 0 Å². The van der Waals surface area contributed by atoms with Crippen LogP contribution >= 0.6 is 15.9 Å². The highest BCUT2D eigenvalue weighted by Crippen LogP contribution is 2.53. The first kappa shape index (κ1) is 12.9. The van der Waals surface area contributed by atoms with E-state index in [2.05, 4.69) is 46.3 Å². The smallest absolute Gasteiger partial charge is 0.124 e. The molecule has 5 rings (SSSR count). The second kappa shape index (κ2) is 4.45. The molecule has 2 aliphatic heterocycles. The fourth-order valence-corrected chi connectivity index (χ4v) is 4.85. The number of hydrogen-bond acceptors (Lipinski definition) is 2. The summed E-state index contributed by atoms with van der Waals surface area (Å²) >= 11 is 3.74. The van der Waals surface area contributed by atoms with Crippen LogP contribution in [0.4, 0.5) is 5.69 Å². The van der Waals surface area contributed by atoms with Gasteiger partial charge in [-0.05, 0) is 70.4 Å². The summed E-state index contributed by atoms with van der Waals surface area (Å²) in [5, 5.41) is 0. The van der Waals surface area contributed by atoms with E-state index >= 15 is 0 Å². The van der Waals surface area contributed by atoms with Crippen molar-refractivity contribution in [1.29, 1.82) is 0 Å². The van der Waals surface area contributed by atoms with E-state index in [-0.39, 0.29) is 5.41 Å². The summed E-state index contributed by atoms with van der Waals surface area (Å²) in [5.74, 6) is 1.05. The predicted molar refractivity (Wildman–Crippen MR) is 91.8 cm³/mol. The fraction of sp³-hybridized carbons (Fsp3) is 0.316. The van der Waals surface area contributed by atoms with Crippen molar-refractivity contribution in [2.24, 2.45) is 4.99 Å². The Hall–Kier alpha value is -1.61. The molecule has 3 heteroatoms. The summed E-state index contributed by atoms with van der Waals surface area (Å²) in [6.45, 7) is 0.645. The molecule has 2 aromatic rings. The average Bonchev–Trinajstić information content (AvgIpc) is 3.06. The molecule has 0 amide bonds. The first-order valence-corrected chi connectivity index (χ1v) is 8.71. The molecule has 0 fully saturated rings. The van der Waals surface area contributed by atoms with E-state index in [1.807, 2.05) is 6.07 Å². The van der Waals surface area contributed by atoms with Crippen LogP contribution in [-0.2, 0) is 18.3 Å². The number of nitrogens with zero attached hydrogens (tertiary/aromatic N) is 1. The zero-order valence-corrected chi connectivity index (χ0v) is 13.8. The van der Waals surface area contributed by atoms with Crippen LogP contribution < -0.4 is 4.74 Å². The molecule has 1 atom stereocenters. The molecule has 0 aromatic heterocycles. The quantitative estimate of drug-likeness (QED) is 0.673. The van der Waals surface area contributed by atoms with Crippen molar-refractivity contribution in [3.63, 3.8) is 0 Å². The Morgan fingerprint density at radius 2 is 1.77 bits per heavy atom. The second-order valence-electron chi connectivity index (χ2n) is 6.44. The maximum atomic E-state index is 6.12. The minimum atomic E-state index is -0.238. The van der Waals surface area contributed by atoms with Gasteiger partial charge in [-0.15, -0.1) is 0 Å². The summed E-state index contributed by atoms with van der Waals surface area (Å²) in [6.07, 6.45) is 4.97. The van der Waals surface area contributed by atoms with E-state index in [0.29, 0.717) is 6.61 Å². The van der Waals surface area contributed by atoms with Crippen molar-refractivity contribution in [2.75, 3.05) is 6.61 Å². The van der Waals surface area contributed by atoms with Gasteiger partial charge in [0.05, 0.1) is 5.69 Å². The van der Waals surface area contributed by atoms with E-state index in [0.717, 1.165) is 16.1 Å². The normalized spacial score (nSPS) is 24.5. The lowest BCUT2D eigenvalue weighted by Gasteiger charge is -2.25. The van der Waals surface area contributed by atoms with Crippen molar-refractivity contribution in [3.05, 3.63) is 58.7 Å². The minimum Gasteiger partial charge on any atom is -0.492 e. The first-order valence-electron chi connectivity index (χ1n) is 7.92. The summed E-state index contributed by atoms with van der Waals surface area (Å²) in [7, 11) is 0. The minimum absolute atomic E-state index is 0.238. The molecule has 110 valence electrons. The summed E-state index contributed by atoms with van der Waals surface area (Å²) in [4.78, 5) is 4.75. The number of aryl methyl sites for hydroxylation is 2. The van der Waals surface area contributed by atoms with Crippen LogP contribution in [0.5, 0.6) is 5.75 Å². The highest BCUT2D eigenvalue weighted by molar-refractivity contribution is 9.18. The van der Waals surface area contributed by atoms with Gasteiger partial charge in [-0.3, -0.25) is 0 Å². The average molecular weight is 354 g/mol. The number of aliphatic imine (C=N–C) groups is 1. The highest BCUT2D eigenvalue weighted by atomic mass is 79.9. The molecular weight excluding hydrogens is 338 g/mol. The molecule has 3 aliphatic rings. The van der Waals surface area contributed by atoms with Gasteiger partial charge in [0.25, 0.3) is 0 Å². The Labute approximate surface area is 138 Å². The summed E-state index contributed by atoms with van der Waals surface area (Å²) in [5.41, 5.74) is 6.34. The van der Waals surface area contributed by atoms with Gasteiger partial charge in [-0.2, -0.15) is 0 Å². The number of para-hydroxylation sites is 1. The van der Waals surface area contributed by atoms with Crippen LogP contribution in [0.1, 0.15) is 35.1 Å². The zero-order chi connectivity index (χ0) is 14.7. The molecule has 2 aromatic carbocycles. The van der Waals surface area contributed by atoms with Gasteiger partial charge in [0, 0.05) is 5.56 Å². The molecule has 0 N–H and O–H groups in total. The fourth-order valence-electron chi connectivity index (χ4n) is 4.12.